The van der Waals surface area contributed by atoms with Crippen LogP contribution in [0, 0.1) is 22.7 Å². The first kappa shape index (κ1) is 24.4. The molecule has 0 radical (unpaired) electrons. The number of ketones is 1. The van der Waals surface area contributed by atoms with Gasteiger partial charge in [0.25, 0.3) is 0 Å². The molecular formula is C25H32O9. The van der Waals surface area contributed by atoms with Crippen LogP contribution in [0.5, 0.6) is 0 Å². The minimum Gasteiger partial charge on any atom is -0.469 e. The predicted molar refractivity (Wildman–Crippen MR) is 116 cm³/mol. The Morgan fingerprint density at radius 3 is 2.24 bits per heavy atom. The normalized spacial score (nSPS) is 38.1. The van der Waals surface area contributed by atoms with Crippen LogP contribution in [0.4, 0.5) is 0 Å². The molecule has 34 heavy (non-hydrogen) atoms. The number of carbonyl (C=O) groups excluding carboxylic acids is 4. The Kier molecular flexibility index (Phi) is 5.70. The summed E-state index contributed by atoms with van der Waals surface area (Å²) in [5.74, 6) is -3.28. The third-order valence-electron chi connectivity index (χ3n) is 8.44. The fourth-order valence-corrected chi connectivity index (χ4v) is 7.01. The van der Waals surface area contributed by atoms with Crippen molar-refractivity contribution in [3.63, 3.8) is 0 Å². The van der Waals surface area contributed by atoms with E-state index in [0.717, 1.165) is 0 Å². The zero-order valence-corrected chi connectivity index (χ0v) is 20.4. The average Bonchev–Trinajstić information content (AvgIpc) is 3.19. The van der Waals surface area contributed by atoms with Crippen LogP contribution in [0.3, 0.4) is 0 Å². The van der Waals surface area contributed by atoms with E-state index >= 15 is 0 Å². The SMILES string of the molecule is CC(=O)OC1C2C(=O)c3ccoc3CC2C2(C)C(OC(C)=O)CCC(C)(C)C2(O)C1OC(C)=O. The summed E-state index contributed by atoms with van der Waals surface area (Å²) in [6.45, 7) is 9.18. The molecule has 1 heterocycles. The molecule has 9 heteroatoms. The number of esters is 3. The second-order valence-corrected chi connectivity index (χ2v) is 10.6. The van der Waals surface area contributed by atoms with Gasteiger partial charge in [-0.05, 0) is 30.2 Å². The van der Waals surface area contributed by atoms with Crippen LogP contribution in [0.2, 0.25) is 0 Å². The quantitative estimate of drug-likeness (QED) is 0.517. The molecule has 1 aromatic rings. The monoisotopic (exact) mass is 476 g/mol. The molecule has 3 aliphatic carbocycles. The molecule has 2 saturated carbocycles. The lowest BCUT2D eigenvalue weighted by molar-refractivity contribution is -0.332. The topological polar surface area (TPSA) is 129 Å². The molecule has 1 aromatic heterocycles. The van der Waals surface area contributed by atoms with Gasteiger partial charge in [-0.3, -0.25) is 19.2 Å². The summed E-state index contributed by atoms with van der Waals surface area (Å²) < 4.78 is 22.7. The van der Waals surface area contributed by atoms with E-state index in [9.17, 15) is 24.3 Å². The van der Waals surface area contributed by atoms with Gasteiger partial charge < -0.3 is 23.7 Å². The van der Waals surface area contributed by atoms with Gasteiger partial charge in [0.15, 0.2) is 18.0 Å². The maximum atomic E-state index is 13.8. The van der Waals surface area contributed by atoms with E-state index in [-0.39, 0.29) is 12.2 Å². The van der Waals surface area contributed by atoms with Crippen molar-refractivity contribution in [2.24, 2.45) is 22.7 Å². The highest BCUT2D eigenvalue weighted by Gasteiger charge is 2.77. The highest BCUT2D eigenvalue weighted by Crippen LogP contribution is 2.66. The van der Waals surface area contributed by atoms with Crippen LogP contribution >= 0.6 is 0 Å². The van der Waals surface area contributed by atoms with Gasteiger partial charge in [-0.15, -0.1) is 0 Å². The first-order chi connectivity index (χ1) is 15.8. The molecule has 9 nitrogen and oxygen atoms in total. The van der Waals surface area contributed by atoms with Crippen molar-refractivity contribution < 1.29 is 42.9 Å². The lowest BCUT2D eigenvalue weighted by Crippen LogP contribution is -2.80. The first-order valence-corrected chi connectivity index (χ1v) is 11.6. The largest absolute Gasteiger partial charge is 0.469 e. The molecule has 2 fully saturated rings. The number of ether oxygens (including phenoxy) is 3. The average molecular weight is 477 g/mol. The zero-order valence-electron chi connectivity index (χ0n) is 20.4. The highest BCUT2D eigenvalue weighted by atomic mass is 16.6. The minimum atomic E-state index is -1.81. The molecule has 7 atom stereocenters. The molecule has 3 aliphatic rings. The molecule has 0 saturated heterocycles. The molecule has 4 rings (SSSR count). The van der Waals surface area contributed by atoms with Crippen molar-refractivity contribution >= 4 is 23.7 Å². The number of aliphatic hydroxyl groups is 1. The fourth-order valence-electron chi connectivity index (χ4n) is 7.01. The van der Waals surface area contributed by atoms with Crippen molar-refractivity contribution in [2.45, 2.75) is 84.7 Å². The Morgan fingerprint density at radius 1 is 1.03 bits per heavy atom. The van der Waals surface area contributed by atoms with Gasteiger partial charge in [-0.2, -0.15) is 0 Å². The van der Waals surface area contributed by atoms with Crippen molar-refractivity contribution in [3.05, 3.63) is 23.7 Å². The number of carbonyl (C=O) groups is 4. The summed E-state index contributed by atoms with van der Waals surface area (Å²) in [5, 5.41) is 12.7. The maximum Gasteiger partial charge on any atom is 0.303 e. The molecule has 186 valence electrons. The molecule has 0 aromatic carbocycles. The molecule has 0 bridgehead atoms. The standard InChI is InChI=1S/C25H32O9/c1-12(26)32-18-7-9-23(4,5)25(30)22(34-14(3)28)21(33-13(2)27)19-16(24(18,25)6)11-17-15(20(19)29)8-10-31-17/h8,10,16,18-19,21-22,30H,7,9,11H2,1-6H3. The summed E-state index contributed by atoms with van der Waals surface area (Å²) in [4.78, 5) is 50.3. The number of hydrogen-bond acceptors (Lipinski definition) is 9. The van der Waals surface area contributed by atoms with Gasteiger partial charge in [0, 0.05) is 32.6 Å². The molecule has 1 N–H and O–H groups in total. The summed E-state index contributed by atoms with van der Waals surface area (Å²) in [6, 6.07) is 1.57. The van der Waals surface area contributed by atoms with Gasteiger partial charge in [0.2, 0.25) is 0 Å². The number of Topliss-reactive ketones (excluding diaryl/α,β-unsaturated/α-hetero) is 1. The van der Waals surface area contributed by atoms with Gasteiger partial charge in [0.1, 0.15) is 17.5 Å². The Labute approximate surface area is 198 Å². The second-order valence-electron chi connectivity index (χ2n) is 10.6. The van der Waals surface area contributed by atoms with Crippen molar-refractivity contribution in [1.82, 2.24) is 0 Å². The Bertz CT molecular complexity index is 1040. The third-order valence-corrected chi connectivity index (χ3v) is 8.44. The van der Waals surface area contributed by atoms with Crippen LogP contribution < -0.4 is 0 Å². The fraction of sp³-hybridized carbons (Fsp3) is 0.680. The summed E-state index contributed by atoms with van der Waals surface area (Å²) in [7, 11) is 0. The second kappa shape index (κ2) is 7.93. The van der Waals surface area contributed by atoms with Crippen LogP contribution in [0.25, 0.3) is 0 Å². The smallest absolute Gasteiger partial charge is 0.303 e. The highest BCUT2D eigenvalue weighted by molar-refractivity contribution is 6.00. The zero-order chi connectivity index (χ0) is 25.2. The van der Waals surface area contributed by atoms with E-state index in [0.29, 0.717) is 24.2 Å². The van der Waals surface area contributed by atoms with Crippen LogP contribution in [0.15, 0.2) is 16.7 Å². The predicted octanol–water partition coefficient (Wildman–Crippen LogP) is 2.62. The lowest BCUT2D eigenvalue weighted by atomic mass is 9.39. The Hall–Kier alpha value is -2.68. The van der Waals surface area contributed by atoms with Crippen molar-refractivity contribution in [3.8, 4) is 0 Å². The third kappa shape index (κ3) is 3.23. The number of fused-ring (bicyclic) bond motifs is 4. The summed E-state index contributed by atoms with van der Waals surface area (Å²) in [5.41, 5.74) is -3.53. The van der Waals surface area contributed by atoms with Crippen molar-refractivity contribution in [2.75, 3.05) is 0 Å². The Morgan fingerprint density at radius 2 is 1.65 bits per heavy atom. The van der Waals surface area contributed by atoms with Gasteiger partial charge in [0.05, 0.1) is 17.7 Å². The number of rotatable bonds is 3. The van der Waals surface area contributed by atoms with Gasteiger partial charge >= 0.3 is 17.9 Å². The maximum absolute atomic E-state index is 13.8. The molecule has 0 spiro atoms. The van der Waals surface area contributed by atoms with Crippen molar-refractivity contribution in [1.29, 1.82) is 0 Å². The van der Waals surface area contributed by atoms with E-state index < -0.39 is 64.5 Å². The minimum absolute atomic E-state index is 0.260. The lowest BCUT2D eigenvalue weighted by Gasteiger charge is -2.69. The van der Waals surface area contributed by atoms with E-state index in [4.69, 9.17) is 18.6 Å². The van der Waals surface area contributed by atoms with Gasteiger partial charge in [-0.25, -0.2) is 0 Å². The van der Waals surface area contributed by atoms with Crippen LogP contribution in [-0.4, -0.2) is 52.7 Å². The number of furan rings is 1. The molecule has 7 unspecified atom stereocenters. The molecular weight excluding hydrogens is 444 g/mol. The summed E-state index contributed by atoms with van der Waals surface area (Å²) in [6.07, 6.45) is -0.779. The molecule has 0 amide bonds. The Balaban J connectivity index is 2.02. The first-order valence-electron chi connectivity index (χ1n) is 11.6. The van der Waals surface area contributed by atoms with E-state index in [1.54, 1.807) is 13.0 Å². The van der Waals surface area contributed by atoms with E-state index in [2.05, 4.69) is 0 Å². The number of hydrogen-bond donors (Lipinski definition) is 1. The van der Waals surface area contributed by atoms with E-state index in [1.807, 2.05) is 13.8 Å². The van der Waals surface area contributed by atoms with Gasteiger partial charge in [-0.1, -0.05) is 20.8 Å². The summed E-state index contributed by atoms with van der Waals surface area (Å²) >= 11 is 0. The van der Waals surface area contributed by atoms with E-state index in [1.165, 1.54) is 27.0 Å². The van der Waals surface area contributed by atoms with Crippen LogP contribution in [-0.2, 0) is 35.0 Å². The van der Waals surface area contributed by atoms with Crippen LogP contribution in [0.1, 0.15) is 70.5 Å². The molecule has 0 aliphatic heterocycles.